The zero-order valence-corrected chi connectivity index (χ0v) is 11.4. The summed E-state index contributed by atoms with van der Waals surface area (Å²) in [6.45, 7) is 6.29. The Hall–Kier alpha value is -1.66. The Balaban J connectivity index is 2.64. The van der Waals surface area contributed by atoms with E-state index < -0.39 is 0 Å². The van der Waals surface area contributed by atoms with Crippen LogP contribution < -0.4 is 4.57 Å². The van der Waals surface area contributed by atoms with E-state index in [1.54, 1.807) is 11.3 Å². The van der Waals surface area contributed by atoms with Crippen molar-refractivity contribution in [2.75, 3.05) is 0 Å². The molecule has 3 heteroatoms. The fourth-order valence-electron chi connectivity index (χ4n) is 1.90. The highest BCUT2D eigenvalue weighted by atomic mass is 32.1. The molecule has 0 radical (unpaired) electrons. The minimum absolute atomic E-state index is 0.774. The van der Waals surface area contributed by atoms with Crippen molar-refractivity contribution in [2.45, 2.75) is 20.8 Å². The summed E-state index contributed by atoms with van der Waals surface area (Å²) < 4.78 is 2.13. The summed E-state index contributed by atoms with van der Waals surface area (Å²) >= 11 is 1.56. The number of aryl methyl sites for hydroxylation is 4. The molecule has 0 N–H and O–H groups in total. The molecule has 2 aromatic rings. The first-order chi connectivity index (χ1) is 8.02. The Morgan fingerprint density at radius 2 is 1.82 bits per heavy atom. The maximum atomic E-state index is 8.94. The molecule has 0 fully saturated rings. The molecule has 2 aromatic heterocycles. The van der Waals surface area contributed by atoms with Crippen molar-refractivity contribution in [3.8, 4) is 16.6 Å². The summed E-state index contributed by atoms with van der Waals surface area (Å²) in [6, 6.07) is 6.36. The first kappa shape index (κ1) is 11.8. The van der Waals surface area contributed by atoms with Crippen LogP contribution in [0.3, 0.4) is 0 Å². The van der Waals surface area contributed by atoms with E-state index >= 15 is 0 Å². The molecular formula is C14H15N2S+. The van der Waals surface area contributed by atoms with Gasteiger partial charge in [-0.3, -0.25) is 0 Å². The highest BCUT2D eigenvalue weighted by Gasteiger charge is 2.17. The van der Waals surface area contributed by atoms with Gasteiger partial charge in [0.05, 0.1) is 0 Å². The fraction of sp³-hybridized carbons (Fsp3) is 0.286. The lowest BCUT2D eigenvalue weighted by Crippen LogP contribution is -2.31. The average Bonchev–Trinajstić information content (AvgIpc) is 2.65. The van der Waals surface area contributed by atoms with E-state index in [0.717, 1.165) is 4.88 Å². The molecule has 2 rings (SSSR count). The first-order valence-corrected chi connectivity index (χ1v) is 6.32. The second kappa shape index (κ2) is 4.31. The van der Waals surface area contributed by atoms with Crippen LogP contribution in [0.25, 0.3) is 10.6 Å². The topological polar surface area (TPSA) is 27.7 Å². The molecule has 0 aliphatic heterocycles. The Morgan fingerprint density at radius 3 is 2.41 bits per heavy atom. The number of nitrogens with zero attached hydrogens (tertiary/aromatic N) is 2. The molecule has 86 valence electrons. The lowest BCUT2D eigenvalue weighted by Gasteiger charge is -2.03. The van der Waals surface area contributed by atoms with Gasteiger partial charge >= 0.3 is 0 Å². The number of rotatable bonds is 1. The van der Waals surface area contributed by atoms with E-state index in [0.29, 0.717) is 0 Å². The number of pyridine rings is 1. The van der Waals surface area contributed by atoms with E-state index in [1.165, 1.54) is 27.3 Å². The van der Waals surface area contributed by atoms with Crippen molar-refractivity contribution in [2.24, 2.45) is 7.05 Å². The second-order valence-electron chi connectivity index (χ2n) is 4.37. The minimum atomic E-state index is 0.774. The monoisotopic (exact) mass is 243 g/mol. The minimum Gasteiger partial charge on any atom is -0.200 e. The maximum Gasteiger partial charge on any atom is 0.222 e. The summed E-state index contributed by atoms with van der Waals surface area (Å²) in [5, 5.41) is 8.94. The molecular weight excluding hydrogens is 228 g/mol. The van der Waals surface area contributed by atoms with Crippen molar-refractivity contribution >= 4 is 11.3 Å². The van der Waals surface area contributed by atoms with Gasteiger partial charge in [0.15, 0.2) is 6.20 Å². The Bertz CT molecular complexity index is 618. The highest BCUT2D eigenvalue weighted by molar-refractivity contribution is 7.16. The number of nitriles is 1. The molecule has 0 bridgehead atoms. The molecule has 17 heavy (non-hydrogen) atoms. The van der Waals surface area contributed by atoms with Crippen LogP contribution in [0.15, 0.2) is 18.3 Å². The summed E-state index contributed by atoms with van der Waals surface area (Å²) in [5.74, 6) is 0. The molecule has 0 saturated carbocycles. The normalized spacial score (nSPS) is 10.3. The fourth-order valence-corrected chi connectivity index (χ4v) is 2.93. The second-order valence-corrected chi connectivity index (χ2v) is 5.42. The van der Waals surface area contributed by atoms with Gasteiger partial charge < -0.3 is 0 Å². The summed E-state index contributed by atoms with van der Waals surface area (Å²) in [5.41, 5.74) is 4.91. The van der Waals surface area contributed by atoms with Crippen molar-refractivity contribution < 1.29 is 4.57 Å². The molecule has 0 amide bonds. The molecule has 2 nitrogen and oxygen atoms in total. The molecule has 0 saturated heterocycles. The lowest BCUT2D eigenvalue weighted by molar-refractivity contribution is -0.660. The summed E-state index contributed by atoms with van der Waals surface area (Å²) in [4.78, 5) is 1.96. The Labute approximate surface area is 106 Å². The molecule has 0 aliphatic rings. The summed E-state index contributed by atoms with van der Waals surface area (Å²) in [6.07, 6.45) is 2.13. The van der Waals surface area contributed by atoms with Crippen molar-refractivity contribution in [1.29, 1.82) is 5.26 Å². The van der Waals surface area contributed by atoms with Gasteiger partial charge in [-0.25, -0.2) is 4.57 Å². The van der Waals surface area contributed by atoms with Crippen LogP contribution in [0.4, 0.5) is 0 Å². The van der Waals surface area contributed by atoms with Gasteiger partial charge in [-0.2, -0.15) is 5.26 Å². The van der Waals surface area contributed by atoms with Gasteiger partial charge in [-0.1, -0.05) is 0 Å². The average molecular weight is 243 g/mol. The Morgan fingerprint density at radius 1 is 1.12 bits per heavy atom. The predicted octanol–water partition coefficient (Wildman–Crippen LogP) is 3.04. The SMILES string of the molecule is Cc1cc(-c2sc(C#N)cc2C)[n+](C)cc1C. The van der Waals surface area contributed by atoms with Gasteiger partial charge in [-0.05, 0) is 38.0 Å². The molecule has 0 spiro atoms. The van der Waals surface area contributed by atoms with Crippen LogP contribution in [0.5, 0.6) is 0 Å². The highest BCUT2D eigenvalue weighted by Crippen LogP contribution is 2.30. The largest absolute Gasteiger partial charge is 0.222 e. The quantitative estimate of drug-likeness (QED) is 0.707. The zero-order chi connectivity index (χ0) is 12.6. The molecule has 2 heterocycles. The number of hydrogen-bond donors (Lipinski definition) is 0. The zero-order valence-electron chi connectivity index (χ0n) is 10.5. The van der Waals surface area contributed by atoms with Crippen LogP contribution >= 0.6 is 11.3 Å². The van der Waals surface area contributed by atoms with E-state index in [-0.39, 0.29) is 0 Å². The predicted molar refractivity (Wildman–Crippen MR) is 69.9 cm³/mol. The number of aromatic nitrogens is 1. The van der Waals surface area contributed by atoms with Crippen molar-refractivity contribution in [3.63, 3.8) is 0 Å². The van der Waals surface area contributed by atoms with E-state index in [4.69, 9.17) is 5.26 Å². The van der Waals surface area contributed by atoms with Crippen LogP contribution in [-0.4, -0.2) is 0 Å². The van der Waals surface area contributed by atoms with Gasteiger partial charge in [-0.15, -0.1) is 11.3 Å². The van der Waals surface area contributed by atoms with E-state index in [1.807, 2.05) is 13.1 Å². The third-order valence-electron chi connectivity index (χ3n) is 3.00. The molecule has 0 unspecified atom stereocenters. The van der Waals surface area contributed by atoms with Crippen LogP contribution in [-0.2, 0) is 7.05 Å². The van der Waals surface area contributed by atoms with Gasteiger partial charge in [0.1, 0.15) is 22.9 Å². The van der Waals surface area contributed by atoms with E-state index in [2.05, 4.69) is 43.7 Å². The Kier molecular flexibility index (Phi) is 2.99. The van der Waals surface area contributed by atoms with Gasteiger partial charge in [0.25, 0.3) is 0 Å². The van der Waals surface area contributed by atoms with Crippen LogP contribution in [0.1, 0.15) is 21.6 Å². The number of hydrogen-bond acceptors (Lipinski definition) is 2. The lowest BCUT2D eigenvalue weighted by atomic mass is 10.1. The third-order valence-corrected chi connectivity index (χ3v) is 4.17. The van der Waals surface area contributed by atoms with Gasteiger partial charge in [0.2, 0.25) is 5.69 Å². The smallest absolute Gasteiger partial charge is 0.200 e. The van der Waals surface area contributed by atoms with E-state index in [9.17, 15) is 0 Å². The molecule has 0 atom stereocenters. The standard InChI is InChI=1S/C14H15N2S/c1-9-6-13(16(4)8-11(9)3)14-10(2)5-12(7-15)17-14/h5-6,8H,1-4H3/q+1. The van der Waals surface area contributed by atoms with Crippen molar-refractivity contribution in [1.82, 2.24) is 0 Å². The molecule has 0 aromatic carbocycles. The maximum absolute atomic E-state index is 8.94. The van der Waals surface area contributed by atoms with Crippen molar-refractivity contribution in [3.05, 3.63) is 39.9 Å². The van der Waals surface area contributed by atoms with Crippen LogP contribution in [0, 0.1) is 32.1 Å². The van der Waals surface area contributed by atoms with Gasteiger partial charge in [0, 0.05) is 11.6 Å². The summed E-state index contributed by atoms with van der Waals surface area (Å²) in [7, 11) is 2.05. The third kappa shape index (κ3) is 2.09. The number of thiophene rings is 1. The first-order valence-electron chi connectivity index (χ1n) is 5.50. The van der Waals surface area contributed by atoms with Crippen LogP contribution in [0.2, 0.25) is 0 Å². The molecule has 0 aliphatic carbocycles.